The van der Waals surface area contributed by atoms with E-state index in [2.05, 4.69) is 22.2 Å². The van der Waals surface area contributed by atoms with Crippen LogP contribution < -0.4 is 10.0 Å². The summed E-state index contributed by atoms with van der Waals surface area (Å²) in [5.41, 5.74) is 1.57. The zero-order valence-electron chi connectivity index (χ0n) is 10.8. The van der Waals surface area contributed by atoms with Crippen molar-refractivity contribution in [2.75, 3.05) is 16.3 Å². The number of allylic oxidation sites excluding steroid dienone is 1. The predicted octanol–water partition coefficient (Wildman–Crippen LogP) is 2.43. The Morgan fingerprint density at radius 2 is 2.05 bits per heavy atom. The van der Waals surface area contributed by atoms with Gasteiger partial charge in [0.1, 0.15) is 0 Å². The van der Waals surface area contributed by atoms with E-state index in [4.69, 9.17) is 0 Å². The molecular formula is C14H18N2O2S. The lowest BCUT2D eigenvalue weighted by atomic mass is 9.71. The molecule has 1 aromatic carbocycles. The fourth-order valence-electron chi connectivity index (χ4n) is 2.98. The number of fused-ring (bicyclic) bond motifs is 1. The summed E-state index contributed by atoms with van der Waals surface area (Å²) in [5.74, 6) is 1.46. The minimum Gasteiger partial charge on any atom is -0.382 e. The average molecular weight is 278 g/mol. The summed E-state index contributed by atoms with van der Waals surface area (Å²) in [6.45, 7) is 0. The number of hydrogen-bond acceptors (Lipinski definition) is 3. The minimum atomic E-state index is -3.22. The van der Waals surface area contributed by atoms with E-state index < -0.39 is 10.0 Å². The molecule has 3 atom stereocenters. The van der Waals surface area contributed by atoms with E-state index >= 15 is 0 Å². The van der Waals surface area contributed by atoms with E-state index in [1.165, 1.54) is 12.8 Å². The molecule has 1 aromatic rings. The van der Waals surface area contributed by atoms with E-state index in [1.54, 1.807) is 6.07 Å². The van der Waals surface area contributed by atoms with Crippen LogP contribution in [0.1, 0.15) is 12.8 Å². The Hall–Kier alpha value is -1.49. The van der Waals surface area contributed by atoms with E-state index in [-0.39, 0.29) is 0 Å². The lowest BCUT2D eigenvalue weighted by molar-refractivity contribution is 0.218. The Bertz CT molecular complexity index is 610. The molecule has 2 aliphatic rings. The van der Waals surface area contributed by atoms with Crippen LogP contribution in [-0.2, 0) is 10.0 Å². The first-order valence-corrected chi connectivity index (χ1v) is 8.41. The van der Waals surface area contributed by atoms with E-state index in [9.17, 15) is 8.42 Å². The maximum atomic E-state index is 11.2. The first-order chi connectivity index (χ1) is 9.01. The van der Waals surface area contributed by atoms with Gasteiger partial charge in [-0.15, -0.1) is 0 Å². The highest BCUT2D eigenvalue weighted by atomic mass is 32.2. The highest BCUT2D eigenvalue weighted by Gasteiger charge is 2.40. The molecule has 19 heavy (non-hydrogen) atoms. The molecule has 3 unspecified atom stereocenters. The third-order valence-electron chi connectivity index (χ3n) is 3.88. The van der Waals surface area contributed by atoms with Crippen LogP contribution in [0.4, 0.5) is 11.4 Å². The molecule has 0 saturated heterocycles. The molecule has 0 aromatic heterocycles. The molecule has 0 radical (unpaired) electrons. The van der Waals surface area contributed by atoms with Crippen molar-refractivity contribution >= 4 is 21.4 Å². The molecule has 0 amide bonds. The number of nitrogens with one attached hydrogen (secondary N) is 2. The van der Waals surface area contributed by atoms with Crippen LogP contribution >= 0.6 is 0 Å². The Labute approximate surface area is 114 Å². The molecule has 0 heterocycles. The molecule has 1 fully saturated rings. The molecule has 0 aliphatic heterocycles. The largest absolute Gasteiger partial charge is 0.382 e. The summed E-state index contributed by atoms with van der Waals surface area (Å²) in [4.78, 5) is 0. The molecule has 0 spiro atoms. The van der Waals surface area contributed by atoms with Gasteiger partial charge < -0.3 is 5.32 Å². The first kappa shape index (κ1) is 12.5. The Kier molecular flexibility index (Phi) is 3.01. The van der Waals surface area contributed by atoms with Gasteiger partial charge in [-0.2, -0.15) is 0 Å². The smallest absolute Gasteiger partial charge is 0.229 e. The molecule has 102 valence electrons. The monoisotopic (exact) mass is 278 g/mol. The molecule has 5 heteroatoms. The summed E-state index contributed by atoms with van der Waals surface area (Å²) in [6, 6.07) is 7.91. The van der Waals surface area contributed by atoms with Gasteiger partial charge in [-0.3, -0.25) is 4.72 Å². The highest BCUT2D eigenvalue weighted by Crippen LogP contribution is 2.44. The Morgan fingerprint density at radius 1 is 1.26 bits per heavy atom. The average Bonchev–Trinajstić information content (AvgIpc) is 2.66. The van der Waals surface area contributed by atoms with Gasteiger partial charge in [-0.05, 0) is 37.0 Å². The van der Waals surface area contributed by atoms with Gasteiger partial charge in [0.05, 0.1) is 11.9 Å². The third-order valence-corrected chi connectivity index (χ3v) is 4.49. The summed E-state index contributed by atoms with van der Waals surface area (Å²) in [7, 11) is -3.22. The van der Waals surface area contributed by atoms with Crippen LogP contribution in [-0.4, -0.2) is 20.7 Å². The van der Waals surface area contributed by atoms with Crippen LogP contribution in [0.15, 0.2) is 36.4 Å². The second kappa shape index (κ2) is 4.56. The Morgan fingerprint density at radius 3 is 2.79 bits per heavy atom. The standard InChI is InChI=1S/C14H18N2O2S/c1-19(17,18)16-12-6-3-5-11(9-12)15-14-8-10-4-2-7-13(10)14/h2-3,5-7,9-10,13-16H,4,8H2,1H3. The van der Waals surface area contributed by atoms with E-state index in [1.807, 2.05) is 18.2 Å². The van der Waals surface area contributed by atoms with Gasteiger partial charge in [0, 0.05) is 17.6 Å². The van der Waals surface area contributed by atoms with Crippen molar-refractivity contribution in [3.05, 3.63) is 36.4 Å². The van der Waals surface area contributed by atoms with Gasteiger partial charge in [-0.1, -0.05) is 18.2 Å². The summed E-state index contributed by atoms with van der Waals surface area (Å²) in [5, 5.41) is 3.49. The molecule has 2 N–H and O–H groups in total. The van der Waals surface area contributed by atoms with Crippen molar-refractivity contribution in [2.45, 2.75) is 18.9 Å². The van der Waals surface area contributed by atoms with Gasteiger partial charge in [-0.25, -0.2) is 8.42 Å². The van der Waals surface area contributed by atoms with Gasteiger partial charge in [0.15, 0.2) is 0 Å². The van der Waals surface area contributed by atoms with Crippen molar-refractivity contribution in [3.63, 3.8) is 0 Å². The van der Waals surface area contributed by atoms with Crippen LogP contribution in [0.2, 0.25) is 0 Å². The second-order valence-electron chi connectivity index (χ2n) is 5.44. The van der Waals surface area contributed by atoms with Crippen LogP contribution in [0.3, 0.4) is 0 Å². The molecule has 1 saturated carbocycles. The van der Waals surface area contributed by atoms with Gasteiger partial charge in [0.25, 0.3) is 0 Å². The number of rotatable bonds is 4. The van der Waals surface area contributed by atoms with Crippen molar-refractivity contribution in [1.82, 2.24) is 0 Å². The SMILES string of the molecule is CS(=O)(=O)Nc1cccc(NC2CC3CC=CC32)c1. The molecule has 4 nitrogen and oxygen atoms in total. The quantitative estimate of drug-likeness (QED) is 0.832. The molecule has 2 aliphatic carbocycles. The Balaban J connectivity index is 1.68. The van der Waals surface area contributed by atoms with Gasteiger partial charge in [0.2, 0.25) is 10.0 Å². The van der Waals surface area contributed by atoms with E-state index in [0.29, 0.717) is 17.6 Å². The lowest BCUT2D eigenvalue weighted by Crippen LogP contribution is -2.43. The fraction of sp³-hybridized carbons (Fsp3) is 0.429. The maximum absolute atomic E-state index is 11.2. The van der Waals surface area contributed by atoms with Crippen molar-refractivity contribution in [2.24, 2.45) is 11.8 Å². The van der Waals surface area contributed by atoms with Crippen molar-refractivity contribution in [3.8, 4) is 0 Å². The number of hydrogen-bond donors (Lipinski definition) is 2. The maximum Gasteiger partial charge on any atom is 0.229 e. The number of anilines is 2. The van der Waals surface area contributed by atoms with E-state index in [0.717, 1.165) is 17.9 Å². The lowest BCUT2D eigenvalue weighted by Gasteiger charge is -2.41. The zero-order chi connectivity index (χ0) is 13.5. The fourth-order valence-corrected chi connectivity index (χ4v) is 3.54. The summed E-state index contributed by atoms with van der Waals surface area (Å²) in [6.07, 6.45) is 8.12. The van der Waals surface area contributed by atoms with Crippen LogP contribution in [0.5, 0.6) is 0 Å². The molecular weight excluding hydrogens is 260 g/mol. The topological polar surface area (TPSA) is 58.2 Å². The molecule has 3 rings (SSSR count). The highest BCUT2D eigenvalue weighted by molar-refractivity contribution is 7.92. The summed E-state index contributed by atoms with van der Waals surface area (Å²) >= 11 is 0. The van der Waals surface area contributed by atoms with Gasteiger partial charge >= 0.3 is 0 Å². The minimum absolute atomic E-state index is 0.484. The first-order valence-electron chi connectivity index (χ1n) is 6.52. The predicted molar refractivity (Wildman–Crippen MR) is 77.7 cm³/mol. The summed E-state index contributed by atoms with van der Waals surface area (Å²) < 4.78 is 24.9. The van der Waals surface area contributed by atoms with Crippen LogP contribution in [0, 0.1) is 11.8 Å². The van der Waals surface area contributed by atoms with Crippen molar-refractivity contribution < 1.29 is 8.42 Å². The molecule has 0 bridgehead atoms. The zero-order valence-corrected chi connectivity index (χ0v) is 11.7. The number of benzene rings is 1. The number of sulfonamides is 1. The van der Waals surface area contributed by atoms with Crippen molar-refractivity contribution in [1.29, 1.82) is 0 Å². The third kappa shape index (κ3) is 2.76. The second-order valence-corrected chi connectivity index (χ2v) is 7.19. The van der Waals surface area contributed by atoms with Crippen LogP contribution in [0.25, 0.3) is 0 Å². The normalized spacial score (nSPS) is 28.6.